The predicted octanol–water partition coefficient (Wildman–Crippen LogP) is 0.707. The molecule has 0 spiro atoms. The van der Waals surface area contributed by atoms with Crippen molar-refractivity contribution in [1.82, 2.24) is 9.71 Å². The van der Waals surface area contributed by atoms with Crippen LogP contribution >= 0.6 is 0 Å². The van der Waals surface area contributed by atoms with Crippen molar-refractivity contribution >= 4 is 15.8 Å². The van der Waals surface area contributed by atoms with Crippen LogP contribution in [0.25, 0.3) is 0 Å². The maximum absolute atomic E-state index is 12.3. The van der Waals surface area contributed by atoms with E-state index in [1.807, 2.05) is 20.8 Å². The Morgan fingerprint density at radius 1 is 1.45 bits per heavy atom. The molecule has 20 heavy (non-hydrogen) atoms. The molecule has 114 valence electrons. The van der Waals surface area contributed by atoms with Gasteiger partial charge in [0.1, 0.15) is 5.82 Å². The van der Waals surface area contributed by atoms with E-state index >= 15 is 0 Å². The predicted molar refractivity (Wildman–Crippen MR) is 77.5 cm³/mol. The summed E-state index contributed by atoms with van der Waals surface area (Å²) < 4.78 is 32.6. The van der Waals surface area contributed by atoms with Crippen LogP contribution in [-0.2, 0) is 14.8 Å². The van der Waals surface area contributed by atoms with Crippen molar-refractivity contribution in [3.63, 3.8) is 0 Å². The van der Waals surface area contributed by atoms with Crippen molar-refractivity contribution in [1.29, 1.82) is 0 Å². The quantitative estimate of drug-likeness (QED) is 0.482. The highest BCUT2D eigenvalue weighted by molar-refractivity contribution is 7.89. The maximum Gasteiger partial charge on any atom is 0.241 e. The van der Waals surface area contributed by atoms with Crippen LogP contribution in [0.15, 0.2) is 23.2 Å². The van der Waals surface area contributed by atoms with E-state index in [0.717, 1.165) is 0 Å². The number of aromatic nitrogens is 1. The molecule has 8 heteroatoms. The zero-order valence-electron chi connectivity index (χ0n) is 12.0. The van der Waals surface area contributed by atoms with Crippen molar-refractivity contribution in [2.75, 3.05) is 18.6 Å². The third kappa shape index (κ3) is 4.71. The van der Waals surface area contributed by atoms with E-state index in [2.05, 4.69) is 15.1 Å². The molecule has 7 nitrogen and oxygen atoms in total. The van der Waals surface area contributed by atoms with Gasteiger partial charge >= 0.3 is 0 Å². The fourth-order valence-corrected chi connectivity index (χ4v) is 2.91. The summed E-state index contributed by atoms with van der Waals surface area (Å²) in [5.41, 5.74) is 2.32. The van der Waals surface area contributed by atoms with Crippen molar-refractivity contribution in [2.45, 2.75) is 31.7 Å². The average Bonchev–Trinajstić information content (AvgIpc) is 2.43. The lowest BCUT2D eigenvalue weighted by Crippen LogP contribution is -2.41. The van der Waals surface area contributed by atoms with Gasteiger partial charge < -0.3 is 10.2 Å². The molecule has 0 fully saturated rings. The normalized spacial score (nSPS) is 13.4. The number of nitrogens with one attached hydrogen (secondary N) is 2. The molecule has 0 saturated heterocycles. The van der Waals surface area contributed by atoms with Crippen molar-refractivity contribution < 1.29 is 13.2 Å². The Hall–Kier alpha value is -1.22. The van der Waals surface area contributed by atoms with Crippen molar-refractivity contribution in [2.24, 2.45) is 11.8 Å². The van der Waals surface area contributed by atoms with Crippen molar-refractivity contribution in [3.05, 3.63) is 18.3 Å². The molecule has 1 heterocycles. The van der Waals surface area contributed by atoms with Gasteiger partial charge in [-0.15, -0.1) is 0 Å². The lowest BCUT2D eigenvalue weighted by atomic mass is 10.1. The first-order valence-corrected chi connectivity index (χ1v) is 7.91. The third-order valence-corrected chi connectivity index (χ3v) is 4.29. The highest BCUT2D eigenvalue weighted by Crippen LogP contribution is 2.14. The summed E-state index contributed by atoms with van der Waals surface area (Å²) in [6.07, 6.45) is 1.39. The third-order valence-electron chi connectivity index (χ3n) is 2.80. The van der Waals surface area contributed by atoms with Gasteiger partial charge in [-0.05, 0) is 18.9 Å². The van der Waals surface area contributed by atoms with Gasteiger partial charge in [0.05, 0.1) is 11.5 Å². The number of nitrogens with two attached hydrogens (primary N) is 1. The van der Waals surface area contributed by atoms with Crippen LogP contribution in [0, 0.1) is 5.92 Å². The van der Waals surface area contributed by atoms with E-state index in [-0.39, 0.29) is 16.9 Å². The highest BCUT2D eigenvalue weighted by Gasteiger charge is 2.23. The maximum atomic E-state index is 12.3. The minimum atomic E-state index is -3.63. The van der Waals surface area contributed by atoms with Crippen LogP contribution in [0.5, 0.6) is 0 Å². The average molecular weight is 302 g/mol. The SMILES string of the molecule is CCOCC(NS(=O)(=O)c1ccnc(NN)c1)C(C)C. The lowest BCUT2D eigenvalue weighted by Gasteiger charge is -2.22. The number of rotatable bonds is 8. The van der Waals surface area contributed by atoms with Gasteiger partial charge in [0, 0.05) is 24.9 Å². The van der Waals surface area contributed by atoms with Gasteiger partial charge in [-0.25, -0.2) is 24.0 Å². The molecule has 0 saturated carbocycles. The first kappa shape index (κ1) is 16.8. The van der Waals surface area contributed by atoms with Gasteiger partial charge in [0.25, 0.3) is 0 Å². The minimum Gasteiger partial charge on any atom is -0.380 e. The Bertz CT molecular complexity index is 519. The monoisotopic (exact) mass is 302 g/mol. The van der Waals surface area contributed by atoms with Crippen LogP contribution in [-0.4, -0.2) is 32.7 Å². The molecule has 0 aromatic carbocycles. The Morgan fingerprint density at radius 3 is 2.70 bits per heavy atom. The molecule has 0 radical (unpaired) electrons. The van der Waals surface area contributed by atoms with E-state index in [1.165, 1.54) is 18.3 Å². The number of hydrogen-bond donors (Lipinski definition) is 3. The minimum absolute atomic E-state index is 0.114. The molecule has 0 amide bonds. The van der Waals surface area contributed by atoms with Crippen LogP contribution < -0.4 is 16.0 Å². The molecule has 4 N–H and O–H groups in total. The van der Waals surface area contributed by atoms with Crippen LogP contribution in [0.1, 0.15) is 20.8 Å². The van der Waals surface area contributed by atoms with Gasteiger partial charge in [-0.1, -0.05) is 13.8 Å². The van der Waals surface area contributed by atoms with Crippen LogP contribution in [0.3, 0.4) is 0 Å². The topological polar surface area (TPSA) is 106 Å². The Balaban J connectivity index is 2.91. The summed E-state index contributed by atoms with van der Waals surface area (Å²) in [5, 5.41) is 0. The number of sulfonamides is 1. The fourth-order valence-electron chi connectivity index (χ4n) is 1.53. The molecule has 0 aliphatic heterocycles. The van der Waals surface area contributed by atoms with Gasteiger partial charge in [0.15, 0.2) is 0 Å². The van der Waals surface area contributed by atoms with Gasteiger partial charge in [-0.3, -0.25) is 0 Å². The number of nitrogen functional groups attached to an aromatic ring is 1. The Morgan fingerprint density at radius 2 is 2.15 bits per heavy atom. The molecular formula is C12H22N4O3S. The molecule has 0 aliphatic carbocycles. The molecule has 0 bridgehead atoms. The number of anilines is 1. The standard InChI is InChI=1S/C12H22N4O3S/c1-4-19-8-11(9(2)3)16-20(17,18)10-5-6-14-12(7-10)15-13/h5-7,9,11,16H,4,8,13H2,1-3H3,(H,14,15). The number of hydrogen-bond acceptors (Lipinski definition) is 6. The zero-order valence-corrected chi connectivity index (χ0v) is 12.8. The van der Waals surface area contributed by atoms with Crippen molar-refractivity contribution in [3.8, 4) is 0 Å². The smallest absolute Gasteiger partial charge is 0.241 e. The Labute approximate surface area is 119 Å². The molecule has 1 unspecified atom stereocenters. The number of nitrogens with zero attached hydrogens (tertiary/aromatic N) is 1. The van der Waals surface area contributed by atoms with Gasteiger partial charge in [-0.2, -0.15) is 0 Å². The first-order chi connectivity index (χ1) is 9.40. The molecule has 1 aromatic rings. The van der Waals surface area contributed by atoms with Crippen LogP contribution in [0.4, 0.5) is 5.82 Å². The van der Waals surface area contributed by atoms with Gasteiger partial charge in [0.2, 0.25) is 10.0 Å². The molecule has 1 aromatic heterocycles. The first-order valence-electron chi connectivity index (χ1n) is 6.43. The number of hydrazine groups is 1. The van der Waals surface area contributed by atoms with E-state index in [1.54, 1.807) is 0 Å². The second-order valence-electron chi connectivity index (χ2n) is 4.65. The van der Waals surface area contributed by atoms with E-state index in [4.69, 9.17) is 10.6 Å². The molecule has 1 atom stereocenters. The van der Waals surface area contributed by atoms with E-state index in [0.29, 0.717) is 19.0 Å². The van der Waals surface area contributed by atoms with E-state index in [9.17, 15) is 8.42 Å². The largest absolute Gasteiger partial charge is 0.380 e. The van der Waals surface area contributed by atoms with E-state index < -0.39 is 10.0 Å². The fraction of sp³-hybridized carbons (Fsp3) is 0.583. The summed E-state index contributed by atoms with van der Waals surface area (Å²) in [5.74, 6) is 5.64. The number of pyridine rings is 1. The summed E-state index contributed by atoms with van der Waals surface area (Å²) in [6.45, 7) is 6.62. The second kappa shape index (κ2) is 7.53. The summed E-state index contributed by atoms with van der Waals surface area (Å²) >= 11 is 0. The van der Waals surface area contributed by atoms with Crippen LogP contribution in [0.2, 0.25) is 0 Å². The summed E-state index contributed by atoms with van der Waals surface area (Å²) in [7, 11) is -3.63. The molecular weight excluding hydrogens is 280 g/mol. The lowest BCUT2D eigenvalue weighted by molar-refractivity contribution is 0.116. The second-order valence-corrected chi connectivity index (χ2v) is 6.37. The Kier molecular flexibility index (Phi) is 6.34. The molecule has 1 rings (SSSR count). The molecule has 0 aliphatic rings. The zero-order chi connectivity index (χ0) is 15.2. The highest BCUT2D eigenvalue weighted by atomic mass is 32.2. The number of ether oxygens (including phenoxy) is 1. The summed E-state index contributed by atoms with van der Waals surface area (Å²) in [4.78, 5) is 4.00. The summed E-state index contributed by atoms with van der Waals surface area (Å²) in [6, 6.07) is 2.50.